The van der Waals surface area contributed by atoms with Gasteiger partial charge in [0.25, 0.3) is 0 Å². The molecule has 0 spiro atoms. The molecule has 5 nitrogen and oxygen atoms in total. The maximum absolute atomic E-state index is 12.0. The highest BCUT2D eigenvalue weighted by atomic mass is 16.5. The molecule has 1 unspecified atom stereocenters. The molecule has 0 aromatic rings. The molecule has 0 saturated carbocycles. The molecular formula is C24H48NO4+. The summed E-state index contributed by atoms with van der Waals surface area (Å²) < 4.78 is 5.99. The number of carbonyl (C=O) groups is 2. The summed E-state index contributed by atoms with van der Waals surface area (Å²) >= 11 is 0. The molecule has 1 atom stereocenters. The van der Waals surface area contributed by atoms with Gasteiger partial charge in [0.05, 0.1) is 27.6 Å². The molecule has 29 heavy (non-hydrogen) atoms. The third-order valence-electron chi connectivity index (χ3n) is 5.19. The Morgan fingerprint density at radius 3 is 1.55 bits per heavy atom. The Bertz CT molecular complexity index is 418. The molecule has 0 rings (SSSR count). The Hall–Kier alpha value is -1.10. The molecule has 0 heterocycles. The van der Waals surface area contributed by atoms with Gasteiger partial charge in [-0.15, -0.1) is 0 Å². The van der Waals surface area contributed by atoms with E-state index in [0.717, 1.165) is 12.8 Å². The first kappa shape index (κ1) is 27.9. The predicted molar refractivity (Wildman–Crippen MR) is 120 cm³/mol. The van der Waals surface area contributed by atoms with Gasteiger partial charge in [-0.25, -0.2) is 0 Å². The third kappa shape index (κ3) is 21.4. The van der Waals surface area contributed by atoms with Gasteiger partial charge in [0, 0.05) is 6.42 Å². The lowest BCUT2D eigenvalue weighted by molar-refractivity contribution is -0.873. The smallest absolute Gasteiger partial charge is 0.307 e. The van der Waals surface area contributed by atoms with Crippen molar-refractivity contribution in [3.8, 4) is 0 Å². The molecule has 0 aliphatic carbocycles. The number of ether oxygens (including phenoxy) is 1. The fourth-order valence-corrected chi connectivity index (χ4v) is 3.66. The van der Waals surface area contributed by atoms with Crippen molar-refractivity contribution in [1.29, 1.82) is 0 Å². The van der Waals surface area contributed by atoms with Crippen LogP contribution in [-0.2, 0) is 14.3 Å². The minimum Gasteiger partial charge on any atom is -0.481 e. The van der Waals surface area contributed by atoms with Crippen LogP contribution in [0.1, 0.15) is 110 Å². The zero-order valence-corrected chi connectivity index (χ0v) is 19.7. The van der Waals surface area contributed by atoms with E-state index in [2.05, 4.69) is 6.92 Å². The van der Waals surface area contributed by atoms with Crippen LogP contribution in [0.2, 0.25) is 0 Å². The number of hydrogen-bond donors (Lipinski definition) is 1. The fourth-order valence-electron chi connectivity index (χ4n) is 3.66. The monoisotopic (exact) mass is 414 g/mol. The van der Waals surface area contributed by atoms with E-state index < -0.39 is 12.1 Å². The maximum Gasteiger partial charge on any atom is 0.307 e. The summed E-state index contributed by atoms with van der Waals surface area (Å²) in [6, 6.07) is 0. The summed E-state index contributed by atoms with van der Waals surface area (Å²) in [6.07, 6.45) is 17.7. The van der Waals surface area contributed by atoms with Crippen molar-refractivity contribution in [2.75, 3.05) is 27.7 Å². The second kappa shape index (κ2) is 17.7. The van der Waals surface area contributed by atoms with Crippen LogP contribution in [-0.4, -0.2) is 55.3 Å². The summed E-state index contributed by atoms with van der Waals surface area (Å²) in [5.74, 6) is -1.18. The van der Waals surface area contributed by atoms with Crippen LogP contribution >= 0.6 is 0 Å². The highest BCUT2D eigenvalue weighted by Crippen LogP contribution is 2.14. The molecule has 0 radical (unpaired) electrons. The minimum atomic E-state index is -0.923. The van der Waals surface area contributed by atoms with Crippen LogP contribution in [0.3, 0.4) is 0 Å². The largest absolute Gasteiger partial charge is 0.481 e. The van der Waals surface area contributed by atoms with Crippen LogP contribution in [0, 0.1) is 0 Å². The van der Waals surface area contributed by atoms with Crippen molar-refractivity contribution in [1.82, 2.24) is 0 Å². The number of carboxylic acids is 1. The Labute approximate surface area is 179 Å². The number of carbonyl (C=O) groups excluding carboxylic acids is 1. The number of quaternary nitrogens is 1. The Morgan fingerprint density at radius 2 is 1.17 bits per heavy atom. The van der Waals surface area contributed by atoms with Gasteiger partial charge in [-0.05, 0) is 6.42 Å². The highest BCUT2D eigenvalue weighted by Gasteiger charge is 2.24. The van der Waals surface area contributed by atoms with Gasteiger partial charge < -0.3 is 14.3 Å². The first-order chi connectivity index (χ1) is 13.7. The first-order valence-electron chi connectivity index (χ1n) is 12.0. The third-order valence-corrected chi connectivity index (χ3v) is 5.19. The van der Waals surface area contributed by atoms with E-state index in [1.54, 1.807) is 0 Å². The zero-order chi connectivity index (χ0) is 22.0. The van der Waals surface area contributed by atoms with Crippen molar-refractivity contribution in [2.24, 2.45) is 0 Å². The van der Waals surface area contributed by atoms with Crippen molar-refractivity contribution in [2.45, 2.75) is 116 Å². The minimum absolute atomic E-state index is 0.125. The lowest BCUT2D eigenvalue weighted by atomic mass is 10.0. The van der Waals surface area contributed by atoms with Gasteiger partial charge in [-0.2, -0.15) is 0 Å². The number of aliphatic carboxylic acids is 1. The first-order valence-corrected chi connectivity index (χ1v) is 12.0. The zero-order valence-electron chi connectivity index (χ0n) is 19.7. The number of carboxylic acid groups (broad SMARTS) is 1. The van der Waals surface area contributed by atoms with E-state index in [-0.39, 0.29) is 12.4 Å². The van der Waals surface area contributed by atoms with E-state index >= 15 is 0 Å². The van der Waals surface area contributed by atoms with Gasteiger partial charge in [0.2, 0.25) is 0 Å². The van der Waals surface area contributed by atoms with Crippen LogP contribution in [0.15, 0.2) is 0 Å². The Balaban J connectivity index is 3.59. The summed E-state index contributed by atoms with van der Waals surface area (Å²) in [7, 11) is 5.91. The Morgan fingerprint density at radius 1 is 0.759 bits per heavy atom. The Kier molecular flexibility index (Phi) is 17.1. The quantitative estimate of drug-likeness (QED) is 0.152. The SMILES string of the molecule is CCCCCCCCCCCCCCCCC(=O)OC(CC(=O)O)C[N+](C)(C)C. The van der Waals surface area contributed by atoms with Gasteiger partial charge >= 0.3 is 11.9 Å². The average Bonchev–Trinajstić information content (AvgIpc) is 2.60. The molecule has 0 fully saturated rings. The number of nitrogens with zero attached hydrogens (tertiary/aromatic N) is 1. The van der Waals surface area contributed by atoms with Crippen LogP contribution in [0.5, 0.6) is 0 Å². The number of esters is 1. The average molecular weight is 415 g/mol. The predicted octanol–water partition coefficient (Wildman–Crippen LogP) is 5.95. The molecule has 0 amide bonds. The summed E-state index contributed by atoms with van der Waals surface area (Å²) in [6.45, 7) is 2.77. The molecule has 0 aromatic heterocycles. The number of unbranched alkanes of at least 4 members (excludes halogenated alkanes) is 13. The number of likely N-dealkylation sites (N-methyl/N-ethyl adjacent to an activating group) is 1. The molecule has 172 valence electrons. The van der Waals surface area contributed by atoms with Crippen molar-refractivity contribution in [3.05, 3.63) is 0 Å². The van der Waals surface area contributed by atoms with E-state index in [4.69, 9.17) is 9.84 Å². The fraction of sp³-hybridized carbons (Fsp3) is 0.917. The van der Waals surface area contributed by atoms with E-state index in [1.165, 1.54) is 77.0 Å². The lowest BCUT2D eigenvalue weighted by Gasteiger charge is -2.28. The number of rotatable bonds is 20. The molecule has 0 aliphatic heterocycles. The molecule has 0 aromatic carbocycles. The van der Waals surface area contributed by atoms with Gasteiger partial charge in [0.15, 0.2) is 6.10 Å². The second-order valence-corrected chi connectivity index (χ2v) is 9.53. The summed E-state index contributed by atoms with van der Waals surface area (Å²) in [5, 5.41) is 9.00. The van der Waals surface area contributed by atoms with Crippen LogP contribution < -0.4 is 0 Å². The normalized spacial score (nSPS) is 12.7. The van der Waals surface area contributed by atoms with Crippen LogP contribution in [0.25, 0.3) is 0 Å². The molecule has 0 bridgehead atoms. The molecular weight excluding hydrogens is 366 g/mol. The summed E-state index contributed by atoms with van der Waals surface area (Å²) in [4.78, 5) is 23.0. The van der Waals surface area contributed by atoms with Crippen molar-refractivity contribution < 1.29 is 23.9 Å². The second-order valence-electron chi connectivity index (χ2n) is 9.53. The molecule has 0 saturated heterocycles. The molecule has 5 heteroatoms. The van der Waals surface area contributed by atoms with E-state index in [1.807, 2.05) is 21.1 Å². The number of hydrogen-bond acceptors (Lipinski definition) is 3. The van der Waals surface area contributed by atoms with E-state index in [0.29, 0.717) is 17.4 Å². The van der Waals surface area contributed by atoms with Crippen LogP contribution in [0.4, 0.5) is 0 Å². The lowest BCUT2D eigenvalue weighted by Crippen LogP contribution is -2.43. The highest BCUT2D eigenvalue weighted by molar-refractivity contribution is 5.71. The van der Waals surface area contributed by atoms with Crippen molar-refractivity contribution >= 4 is 11.9 Å². The topological polar surface area (TPSA) is 63.6 Å². The van der Waals surface area contributed by atoms with Gasteiger partial charge in [-0.1, -0.05) is 90.4 Å². The van der Waals surface area contributed by atoms with E-state index in [9.17, 15) is 9.59 Å². The van der Waals surface area contributed by atoms with Gasteiger partial charge in [-0.3, -0.25) is 9.59 Å². The standard InChI is InChI=1S/C24H47NO4/c1-5-6-7-8-9-10-11-12-13-14-15-16-17-18-19-24(28)29-22(20-23(26)27)21-25(2,3)4/h22H,5-21H2,1-4H3/p+1. The maximum atomic E-state index is 12.0. The van der Waals surface area contributed by atoms with Gasteiger partial charge in [0.1, 0.15) is 6.54 Å². The summed E-state index contributed by atoms with van der Waals surface area (Å²) in [5.41, 5.74) is 0. The molecule has 1 N–H and O–H groups in total. The van der Waals surface area contributed by atoms with Crippen molar-refractivity contribution in [3.63, 3.8) is 0 Å². The molecule has 0 aliphatic rings.